The second kappa shape index (κ2) is 35.3. The number of rotatable bonds is 0. The molecule has 0 heterocycles. The Balaban J connectivity index is -0.00000000667. The first-order chi connectivity index (χ1) is 1.41. The Kier molecular flexibility index (Phi) is 160. The second-order valence-corrected chi connectivity index (χ2v) is 3.72. The molecule has 0 saturated carbocycles. The Morgan fingerprint density at radius 1 is 0.833 bits per heavy atom. The van der Waals surface area contributed by atoms with Gasteiger partial charge in [-0.2, -0.15) is 0 Å². The van der Waals surface area contributed by atoms with Gasteiger partial charge in [-0.15, -0.1) is 0 Å². The summed E-state index contributed by atoms with van der Waals surface area (Å²) in [6.45, 7) is 0. The van der Waals surface area contributed by atoms with Gasteiger partial charge in [-0.1, -0.05) is 0 Å². The van der Waals surface area contributed by atoms with Crippen LogP contribution in [-0.4, -0.2) is 16.4 Å². The van der Waals surface area contributed by atoms with Crippen LogP contribution >= 0.6 is 18.8 Å². The first-order valence-corrected chi connectivity index (χ1v) is 6.56. The summed E-state index contributed by atoms with van der Waals surface area (Å²) in [4.78, 5) is 0. The van der Waals surface area contributed by atoms with Crippen molar-refractivity contribution in [2.45, 2.75) is 0 Å². The maximum absolute atomic E-state index is 4.90. The molecule has 0 spiro atoms. The van der Waals surface area contributed by atoms with E-state index in [0.717, 1.165) is 0 Å². The minimum absolute atomic E-state index is 0. The number of hydrogen-bond donors (Lipinski definition) is 0. The molecule has 0 aromatic rings. The molecule has 0 aliphatic heterocycles. The predicted molar refractivity (Wildman–Crippen MR) is 25.3 cm³/mol. The van der Waals surface area contributed by atoms with Crippen LogP contribution in [0.25, 0.3) is 0 Å². The molecule has 0 radical (unpaired) electrons. The third-order valence-corrected chi connectivity index (χ3v) is 0. The van der Waals surface area contributed by atoms with E-state index in [-0.39, 0.29) is 16.4 Å². The average molecular weight is 322 g/mol. The monoisotopic (exact) mass is 321 g/mol. The van der Waals surface area contributed by atoms with Gasteiger partial charge in [0.1, 0.15) is 0 Å². The molecule has 0 aliphatic rings. The summed E-state index contributed by atoms with van der Waals surface area (Å²) in [7, 11) is 9.81. The van der Waals surface area contributed by atoms with Gasteiger partial charge < -0.3 is 16.4 Å². The normalized spacial score (nSPS) is 3.67. The Morgan fingerprint density at radius 3 is 0.833 bits per heavy atom. The molecule has 6 heteroatoms. The van der Waals surface area contributed by atoms with Crippen LogP contribution in [-0.2, 0) is 16.5 Å². The Bertz CT molecular complexity index is 8.75. The second-order valence-electron chi connectivity index (χ2n) is 0.0505. The van der Waals surface area contributed by atoms with E-state index >= 15 is 0 Å². The summed E-state index contributed by atoms with van der Waals surface area (Å²) in [6, 6.07) is 0. The first kappa shape index (κ1) is 27.3. The van der Waals surface area contributed by atoms with Gasteiger partial charge in [0.05, 0.1) is 0 Å². The first-order valence-electron chi connectivity index (χ1n) is 0.267. The summed E-state index contributed by atoms with van der Waals surface area (Å²) < 4.78 is 0. The van der Waals surface area contributed by atoms with E-state index in [9.17, 15) is 0 Å². The van der Waals surface area contributed by atoms with Crippen LogP contribution < -0.4 is 0 Å². The van der Waals surface area contributed by atoms with Crippen molar-refractivity contribution in [1.82, 2.24) is 0 Å². The minimum atomic E-state index is -0.639. The van der Waals surface area contributed by atoms with Gasteiger partial charge in [0, 0.05) is 0 Å². The van der Waals surface area contributed by atoms with Crippen molar-refractivity contribution in [2.75, 3.05) is 0 Å². The van der Waals surface area contributed by atoms with E-state index in [1.807, 2.05) is 0 Å². The van der Waals surface area contributed by atoms with E-state index in [1.54, 1.807) is 0 Å². The molecule has 0 amide bonds. The molecule has 0 aromatic heterocycles. The summed E-state index contributed by atoms with van der Waals surface area (Å²) in [5.74, 6) is 0. The molecular formula is H8Cl2O3Pt. The van der Waals surface area contributed by atoms with Crippen molar-refractivity contribution in [3.63, 3.8) is 0 Å². The van der Waals surface area contributed by atoms with Gasteiger partial charge in [-0.3, -0.25) is 0 Å². The van der Waals surface area contributed by atoms with Crippen LogP contribution in [0.4, 0.5) is 0 Å². The van der Waals surface area contributed by atoms with E-state index in [0.29, 0.717) is 0 Å². The molecule has 6 heavy (non-hydrogen) atoms. The van der Waals surface area contributed by atoms with Gasteiger partial charge >= 0.3 is 35.3 Å². The van der Waals surface area contributed by atoms with E-state index in [4.69, 9.17) is 18.8 Å². The van der Waals surface area contributed by atoms with Gasteiger partial charge in [0.2, 0.25) is 0 Å². The van der Waals surface area contributed by atoms with E-state index in [2.05, 4.69) is 0 Å². The molecule has 0 rings (SSSR count). The van der Waals surface area contributed by atoms with Crippen molar-refractivity contribution < 1.29 is 32.9 Å². The molecule has 0 aromatic carbocycles. The maximum atomic E-state index is 4.90. The van der Waals surface area contributed by atoms with Gasteiger partial charge in [-0.05, 0) is 0 Å². The SMILES string of the molecule is O.O.O.[Cl][PtH2][Cl]. The third kappa shape index (κ3) is 67.2. The molecule has 3 nitrogen and oxygen atoms in total. The molecule has 0 saturated heterocycles. The summed E-state index contributed by atoms with van der Waals surface area (Å²) in [6.07, 6.45) is 0. The van der Waals surface area contributed by atoms with Crippen molar-refractivity contribution in [3.05, 3.63) is 0 Å². The van der Waals surface area contributed by atoms with Crippen LogP contribution in [0.15, 0.2) is 0 Å². The van der Waals surface area contributed by atoms with Crippen molar-refractivity contribution in [1.29, 1.82) is 0 Å². The zero-order chi connectivity index (χ0) is 2.71. The van der Waals surface area contributed by atoms with Gasteiger partial charge in [0.25, 0.3) is 0 Å². The molecule has 50 valence electrons. The Hall–Kier alpha value is 1.15. The van der Waals surface area contributed by atoms with Crippen molar-refractivity contribution >= 4 is 18.8 Å². The molecular weight excluding hydrogens is 314 g/mol. The Morgan fingerprint density at radius 2 is 0.833 bits per heavy atom. The molecule has 0 bridgehead atoms. The Labute approximate surface area is 51.9 Å². The summed E-state index contributed by atoms with van der Waals surface area (Å²) >= 11 is -0.639. The quantitative estimate of drug-likeness (QED) is 0.512. The molecule has 0 fully saturated rings. The van der Waals surface area contributed by atoms with Crippen LogP contribution in [0.3, 0.4) is 0 Å². The predicted octanol–water partition coefficient (Wildman–Crippen LogP) is -1.63. The third-order valence-electron chi connectivity index (χ3n) is 0. The molecule has 0 unspecified atom stereocenters. The molecule has 0 aliphatic carbocycles. The number of hydrogen-bond acceptors (Lipinski definition) is 0. The van der Waals surface area contributed by atoms with Crippen LogP contribution in [0.1, 0.15) is 0 Å². The van der Waals surface area contributed by atoms with Crippen LogP contribution in [0, 0.1) is 0 Å². The average Bonchev–Trinajstić information content (AvgIpc) is 0.918. The zero-order valence-electron chi connectivity index (χ0n) is 2.61. The van der Waals surface area contributed by atoms with Crippen molar-refractivity contribution in [3.8, 4) is 0 Å². The fraction of sp³-hybridized carbons (Fsp3) is 0. The van der Waals surface area contributed by atoms with E-state index < -0.39 is 16.5 Å². The fourth-order valence-electron chi connectivity index (χ4n) is 0. The molecule has 0 atom stereocenters. The fourth-order valence-corrected chi connectivity index (χ4v) is 0. The number of halogens is 2. The van der Waals surface area contributed by atoms with Crippen molar-refractivity contribution in [2.24, 2.45) is 0 Å². The topological polar surface area (TPSA) is 94.5 Å². The van der Waals surface area contributed by atoms with Crippen LogP contribution in [0.5, 0.6) is 0 Å². The van der Waals surface area contributed by atoms with Gasteiger partial charge in [0.15, 0.2) is 0 Å². The van der Waals surface area contributed by atoms with E-state index in [1.165, 1.54) is 0 Å². The summed E-state index contributed by atoms with van der Waals surface area (Å²) in [5.41, 5.74) is 0. The zero-order valence-corrected chi connectivity index (χ0v) is 6.66. The summed E-state index contributed by atoms with van der Waals surface area (Å²) in [5, 5.41) is 0. The van der Waals surface area contributed by atoms with Crippen LogP contribution in [0.2, 0.25) is 0 Å². The van der Waals surface area contributed by atoms with Gasteiger partial charge in [-0.25, -0.2) is 0 Å². The standard InChI is InChI=1S/2ClH.3H2O.Pt.2H/h2*1H;3*1H2;;;/q;;;;;+2;;/p-2. The molecule has 6 N–H and O–H groups in total.